The predicted molar refractivity (Wildman–Crippen MR) is 104 cm³/mol. The number of carbonyl (C=O) groups is 1. The second-order valence-corrected chi connectivity index (χ2v) is 6.80. The van der Waals surface area contributed by atoms with Gasteiger partial charge in [0.25, 0.3) is 0 Å². The molecule has 1 saturated heterocycles. The molecule has 1 aromatic carbocycles. The minimum atomic E-state index is -0.00591. The van der Waals surface area contributed by atoms with Crippen LogP contribution >= 0.6 is 0 Å². The van der Waals surface area contributed by atoms with Crippen LogP contribution in [0.2, 0.25) is 0 Å². The van der Waals surface area contributed by atoms with E-state index < -0.39 is 0 Å². The van der Waals surface area contributed by atoms with E-state index >= 15 is 0 Å². The van der Waals surface area contributed by atoms with Crippen LogP contribution in [-0.2, 0) is 13.1 Å². The summed E-state index contributed by atoms with van der Waals surface area (Å²) in [7, 11) is 0. The van der Waals surface area contributed by atoms with Crippen LogP contribution in [0.1, 0.15) is 30.9 Å². The van der Waals surface area contributed by atoms with Gasteiger partial charge in [-0.2, -0.15) is 0 Å². The van der Waals surface area contributed by atoms with E-state index in [1.807, 2.05) is 47.4 Å². The highest BCUT2D eigenvalue weighted by Crippen LogP contribution is 2.19. The topological polar surface area (TPSA) is 48.5 Å². The molecule has 0 aliphatic carbocycles. The van der Waals surface area contributed by atoms with E-state index in [1.54, 1.807) is 12.4 Å². The van der Waals surface area contributed by atoms with Crippen molar-refractivity contribution in [3.63, 3.8) is 0 Å². The van der Waals surface area contributed by atoms with Crippen molar-refractivity contribution in [1.29, 1.82) is 0 Å². The molecule has 2 heterocycles. The number of hydrogen-bond acceptors (Lipinski definition) is 3. The summed E-state index contributed by atoms with van der Waals surface area (Å²) in [4.78, 5) is 21.4. The normalized spacial score (nSPS) is 17.2. The minimum Gasteiger partial charge on any atom is -0.334 e. The quantitative estimate of drug-likeness (QED) is 0.832. The van der Waals surface area contributed by atoms with Crippen molar-refractivity contribution in [3.8, 4) is 0 Å². The molecule has 1 unspecified atom stereocenters. The number of nitrogens with one attached hydrogen (secondary N) is 1. The van der Waals surface area contributed by atoms with Crippen molar-refractivity contribution in [2.45, 2.75) is 38.9 Å². The van der Waals surface area contributed by atoms with Crippen molar-refractivity contribution < 1.29 is 4.79 Å². The molecular weight excluding hydrogens is 324 g/mol. The molecule has 26 heavy (non-hydrogen) atoms. The number of likely N-dealkylation sites (N-methyl/N-ethyl adjacent to an activating group) is 1. The first kappa shape index (κ1) is 18.4. The summed E-state index contributed by atoms with van der Waals surface area (Å²) < 4.78 is 0. The largest absolute Gasteiger partial charge is 0.334 e. The van der Waals surface area contributed by atoms with Gasteiger partial charge < -0.3 is 10.2 Å². The Morgan fingerprint density at radius 2 is 1.96 bits per heavy atom. The third-order valence-corrected chi connectivity index (χ3v) is 5.03. The van der Waals surface area contributed by atoms with Crippen molar-refractivity contribution >= 4 is 6.03 Å². The average Bonchev–Trinajstić information content (AvgIpc) is 3.14. The molecule has 2 amide bonds. The summed E-state index contributed by atoms with van der Waals surface area (Å²) in [6, 6.07) is 14.4. The molecule has 1 aliphatic rings. The molecule has 5 heteroatoms. The maximum absolute atomic E-state index is 12.9. The molecule has 0 radical (unpaired) electrons. The van der Waals surface area contributed by atoms with E-state index in [0.717, 1.165) is 37.2 Å². The number of benzene rings is 1. The van der Waals surface area contributed by atoms with Crippen molar-refractivity contribution in [2.75, 3.05) is 19.6 Å². The summed E-state index contributed by atoms with van der Waals surface area (Å²) in [6.07, 6.45) is 5.94. The third-order valence-electron chi connectivity index (χ3n) is 5.03. The van der Waals surface area contributed by atoms with Crippen molar-refractivity contribution in [3.05, 3.63) is 66.0 Å². The summed E-state index contributed by atoms with van der Waals surface area (Å²) in [5.74, 6) is 0. The number of urea groups is 1. The number of aromatic nitrogens is 1. The lowest BCUT2D eigenvalue weighted by Crippen LogP contribution is -2.46. The maximum atomic E-state index is 12.9. The molecule has 0 saturated carbocycles. The van der Waals surface area contributed by atoms with Crippen LogP contribution < -0.4 is 5.32 Å². The highest BCUT2D eigenvalue weighted by atomic mass is 16.2. The summed E-state index contributed by atoms with van der Waals surface area (Å²) in [5, 5.41) is 3.08. The van der Waals surface area contributed by atoms with Gasteiger partial charge in [-0.15, -0.1) is 0 Å². The zero-order chi connectivity index (χ0) is 18.2. The van der Waals surface area contributed by atoms with E-state index in [2.05, 4.69) is 22.1 Å². The van der Waals surface area contributed by atoms with Gasteiger partial charge in [0.15, 0.2) is 0 Å². The van der Waals surface area contributed by atoms with Gasteiger partial charge in [0.05, 0.1) is 0 Å². The second-order valence-electron chi connectivity index (χ2n) is 6.80. The Morgan fingerprint density at radius 3 is 2.69 bits per heavy atom. The Labute approximate surface area is 156 Å². The lowest BCUT2D eigenvalue weighted by molar-refractivity contribution is 0.164. The molecule has 1 aliphatic heterocycles. The first-order valence-electron chi connectivity index (χ1n) is 9.46. The fraction of sp³-hybridized carbons (Fsp3) is 0.429. The van der Waals surface area contributed by atoms with Crippen molar-refractivity contribution in [2.24, 2.45) is 0 Å². The van der Waals surface area contributed by atoms with Crippen LogP contribution in [0.25, 0.3) is 0 Å². The summed E-state index contributed by atoms with van der Waals surface area (Å²) in [5.41, 5.74) is 2.22. The SMILES string of the molecule is CCN1CCCC1CN(Cc1ccncc1)C(=O)NCc1ccccc1. The van der Waals surface area contributed by atoms with Gasteiger partial charge in [-0.1, -0.05) is 37.3 Å². The smallest absolute Gasteiger partial charge is 0.318 e. The third kappa shape index (κ3) is 5.05. The zero-order valence-electron chi connectivity index (χ0n) is 15.5. The molecule has 2 aromatic rings. The zero-order valence-corrected chi connectivity index (χ0v) is 15.5. The van der Waals surface area contributed by atoms with Crippen molar-refractivity contribution in [1.82, 2.24) is 20.1 Å². The summed E-state index contributed by atoms with van der Waals surface area (Å²) >= 11 is 0. The van der Waals surface area contributed by atoms with Gasteiger partial charge in [-0.3, -0.25) is 9.88 Å². The lowest BCUT2D eigenvalue weighted by Gasteiger charge is -2.30. The molecule has 3 rings (SSSR count). The van der Waals surface area contributed by atoms with Gasteiger partial charge in [0.2, 0.25) is 0 Å². The highest BCUT2D eigenvalue weighted by Gasteiger charge is 2.27. The first-order chi connectivity index (χ1) is 12.8. The number of likely N-dealkylation sites (tertiary alicyclic amines) is 1. The van der Waals surface area contributed by atoms with Crippen LogP contribution in [0.15, 0.2) is 54.9 Å². The van der Waals surface area contributed by atoms with Crippen LogP contribution in [-0.4, -0.2) is 46.5 Å². The molecule has 1 atom stereocenters. The molecule has 0 bridgehead atoms. The predicted octanol–water partition coefficient (Wildman–Crippen LogP) is 3.28. The number of pyridine rings is 1. The Morgan fingerprint density at radius 1 is 1.19 bits per heavy atom. The lowest BCUT2D eigenvalue weighted by atomic mass is 10.2. The number of rotatable bonds is 7. The Bertz CT molecular complexity index is 677. The number of amides is 2. The fourth-order valence-corrected chi connectivity index (χ4v) is 3.59. The van der Waals surface area contributed by atoms with Gasteiger partial charge in [0.1, 0.15) is 0 Å². The molecular formula is C21H28N4O. The van der Waals surface area contributed by atoms with Gasteiger partial charge in [-0.25, -0.2) is 4.79 Å². The summed E-state index contributed by atoms with van der Waals surface area (Å²) in [6.45, 7) is 6.29. The van der Waals surface area contributed by atoms with E-state index in [-0.39, 0.29) is 6.03 Å². The van der Waals surface area contributed by atoms with E-state index in [1.165, 1.54) is 6.42 Å². The fourth-order valence-electron chi connectivity index (χ4n) is 3.59. The molecule has 5 nitrogen and oxygen atoms in total. The van der Waals surface area contributed by atoms with Crippen LogP contribution in [0.5, 0.6) is 0 Å². The Balaban J connectivity index is 1.66. The van der Waals surface area contributed by atoms with Crippen LogP contribution in [0.4, 0.5) is 4.79 Å². The van der Waals surface area contributed by atoms with Crippen LogP contribution in [0.3, 0.4) is 0 Å². The van der Waals surface area contributed by atoms with Gasteiger partial charge in [-0.05, 0) is 49.2 Å². The van der Waals surface area contributed by atoms with E-state index in [0.29, 0.717) is 19.1 Å². The molecule has 1 fully saturated rings. The maximum Gasteiger partial charge on any atom is 0.318 e. The van der Waals surface area contributed by atoms with E-state index in [4.69, 9.17) is 0 Å². The van der Waals surface area contributed by atoms with E-state index in [9.17, 15) is 4.79 Å². The van der Waals surface area contributed by atoms with Crippen LogP contribution in [0, 0.1) is 0 Å². The number of carbonyl (C=O) groups excluding carboxylic acids is 1. The number of nitrogens with zero attached hydrogens (tertiary/aromatic N) is 3. The minimum absolute atomic E-state index is 0.00591. The van der Waals surface area contributed by atoms with Gasteiger partial charge >= 0.3 is 6.03 Å². The number of hydrogen-bond donors (Lipinski definition) is 1. The molecule has 138 valence electrons. The second kappa shape index (κ2) is 9.34. The Kier molecular flexibility index (Phi) is 6.61. The highest BCUT2D eigenvalue weighted by molar-refractivity contribution is 5.74. The molecule has 1 aromatic heterocycles. The first-order valence-corrected chi connectivity index (χ1v) is 9.46. The molecule has 1 N–H and O–H groups in total. The Hall–Kier alpha value is -2.40. The van der Waals surface area contributed by atoms with Gasteiger partial charge in [0, 0.05) is 38.1 Å². The average molecular weight is 352 g/mol. The molecule has 0 spiro atoms. The monoisotopic (exact) mass is 352 g/mol. The standard InChI is InChI=1S/C21H28N4O/c1-2-24-14-6-9-20(24)17-25(16-19-10-12-22-13-11-19)21(26)23-15-18-7-4-3-5-8-18/h3-5,7-8,10-13,20H,2,6,9,14-17H2,1H3,(H,23,26).